The molecule has 0 radical (unpaired) electrons. The second kappa shape index (κ2) is 36.0. The number of β-amino-alcohol motifs (C(OH)–C–C–N with tert-alkyl or cyclic N) is 1. The molecule has 0 aliphatic carbocycles. The zero-order valence-corrected chi connectivity index (χ0v) is 35.0. The van der Waals surface area contributed by atoms with Crippen LogP contribution in [-0.4, -0.2) is 48.5 Å². The number of nitrogens with zero attached hydrogens (tertiary/aromatic N) is 1. The summed E-state index contributed by atoms with van der Waals surface area (Å²) in [6.07, 6.45) is 43.1. The van der Waals surface area contributed by atoms with E-state index in [9.17, 15) is 5.11 Å². The molecule has 1 heterocycles. The second-order valence-electron chi connectivity index (χ2n) is 16.4. The van der Waals surface area contributed by atoms with Crippen LogP contribution in [0.1, 0.15) is 233 Å². The first-order chi connectivity index (χ1) is 25.0. The van der Waals surface area contributed by atoms with Crippen LogP contribution in [0.15, 0.2) is 24.7 Å². The van der Waals surface area contributed by atoms with Crippen molar-refractivity contribution in [3.05, 3.63) is 24.7 Å². The number of hydrogen-bond acceptors (Lipinski definition) is 4. The SMILES string of the molecule is C=C(CCCCCC1CC(CCCCCCC(=C)OC(CCCCCCCC)CCCCCCCC)N(CCO)C1)OCCCCCCCCC. The van der Waals surface area contributed by atoms with Crippen LogP contribution >= 0.6 is 0 Å². The van der Waals surface area contributed by atoms with Gasteiger partial charge in [0.05, 0.1) is 30.8 Å². The molecule has 0 aromatic carbocycles. The number of unbranched alkanes of at least 4 members (excludes halogenated alkanes) is 21. The number of likely N-dealkylation sites (tertiary alicyclic amines) is 1. The van der Waals surface area contributed by atoms with Crippen LogP contribution in [0.4, 0.5) is 0 Å². The van der Waals surface area contributed by atoms with E-state index in [2.05, 4.69) is 38.8 Å². The lowest BCUT2D eigenvalue weighted by Gasteiger charge is -2.23. The van der Waals surface area contributed by atoms with E-state index in [0.29, 0.717) is 12.1 Å². The lowest BCUT2D eigenvalue weighted by Crippen LogP contribution is -2.32. The molecule has 1 rings (SSSR count). The van der Waals surface area contributed by atoms with Gasteiger partial charge in [0.15, 0.2) is 0 Å². The number of aliphatic hydroxyl groups is 1. The van der Waals surface area contributed by atoms with Crippen molar-refractivity contribution in [2.24, 2.45) is 5.92 Å². The highest BCUT2D eigenvalue weighted by molar-refractivity contribution is 4.87. The highest BCUT2D eigenvalue weighted by Gasteiger charge is 2.30. The third kappa shape index (κ3) is 29.1. The fraction of sp³-hybridized carbons (Fsp3) is 0.915. The van der Waals surface area contributed by atoms with Crippen molar-refractivity contribution in [2.45, 2.75) is 245 Å². The average molecular weight is 718 g/mol. The summed E-state index contributed by atoms with van der Waals surface area (Å²) in [7, 11) is 0. The Bertz CT molecular complexity index is 753. The summed E-state index contributed by atoms with van der Waals surface area (Å²) in [6, 6.07) is 0.657. The van der Waals surface area contributed by atoms with Crippen molar-refractivity contribution in [1.82, 2.24) is 4.90 Å². The summed E-state index contributed by atoms with van der Waals surface area (Å²) in [5.41, 5.74) is 0. The fourth-order valence-electron chi connectivity index (χ4n) is 8.20. The minimum Gasteiger partial charge on any atom is -0.499 e. The molecule has 1 aliphatic heterocycles. The lowest BCUT2D eigenvalue weighted by molar-refractivity contribution is 0.0895. The van der Waals surface area contributed by atoms with Gasteiger partial charge in [0.25, 0.3) is 0 Å². The van der Waals surface area contributed by atoms with Crippen molar-refractivity contribution in [3.63, 3.8) is 0 Å². The molecular weight excluding hydrogens is 627 g/mol. The highest BCUT2D eigenvalue weighted by Crippen LogP contribution is 2.31. The first-order valence-electron chi connectivity index (χ1n) is 23.0. The quantitative estimate of drug-likeness (QED) is 0.0506. The van der Waals surface area contributed by atoms with E-state index in [-0.39, 0.29) is 6.61 Å². The molecule has 1 fully saturated rings. The van der Waals surface area contributed by atoms with E-state index >= 15 is 0 Å². The van der Waals surface area contributed by atoms with Gasteiger partial charge in [0.1, 0.15) is 0 Å². The minimum atomic E-state index is 0.283. The first kappa shape index (κ1) is 48.0. The molecule has 2 unspecified atom stereocenters. The Morgan fingerprint density at radius 3 is 1.65 bits per heavy atom. The molecule has 0 aromatic heterocycles. The average Bonchev–Trinajstić information content (AvgIpc) is 3.51. The number of hydrogen-bond donors (Lipinski definition) is 1. The van der Waals surface area contributed by atoms with Crippen molar-refractivity contribution in [3.8, 4) is 0 Å². The maximum absolute atomic E-state index is 9.72. The van der Waals surface area contributed by atoms with Gasteiger partial charge in [-0.25, -0.2) is 0 Å². The van der Waals surface area contributed by atoms with E-state index in [4.69, 9.17) is 9.47 Å². The molecule has 1 saturated heterocycles. The van der Waals surface area contributed by atoms with Gasteiger partial charge in [0, 0.05) is 32.0 Å². The monoisotopic (exact) mass is 718 g/mol. The lowest BCUT2D eigenvalue weighted by atomic mass is 9.95. The summed E-state index contributed by atoms with van der Waals surface area (Å²) in [5.74, 6) is 2.81. The molecule has 302 valence electrons. The summed E-state index contributed by atoms with van der Waals surface area (Å²) in [5, 5.41) is 9.72. The Balaban J connectivity index is 2.20. The van der Waals surface area contributed by atoms with E-state index in [1.54, 1.807) is 0 Å². The topological polar surface area (TPSA) is 41.9 Å². The number of ether oxygens (including phenoxy) is 2. The van der Waals surface area contributed by atoms with Gasteiger partial charge in [-0.1, -0.05) is 169 Å². The maximum Gasteiger partial charge on any atom is 0.0982 e. The van der Waals surface area contributed by atoms with E-state index in [1.807, 2.05) is 0 Å². The largest absolute Gasteiger partial charge is 0.499 e. The Hall–Kier alpha value is -1.00. The fourth-order valence-corrected chi connectivity index (χ4v) is 8.20. The molecule has 4 heteroatoms. The summed E-state index contributed by atoms with van der Waals surface area (Å²) < 4.78 is 12.4. The molecule has 1 aliphatic rings. The predicted octanol–water partition coefficient (Wildman–Crippen LogP) is 14.6. The molecule has 0 spiro atoms. The van der Waals surface area contributed by atoms with Gasteiger partial charge in [-0.05, 0) is 70.1 Å². The van der Waals surface area contributed by atoms with Gasteiger partial charge in [-0.15, -0.1) is 0 Å². The van der Waals surface area contributed by atoms with Crippen LogP contribution in [0.3, 0.4) is 0 Å². The summed E-state index contributed by atoms with van der Waals surface area (Å²) in [4.78, 5) is 2.59. The van der Waals surface area contributed by atoms with Crippen LogP contribution in [0, 0.1) is 5.92 Å². The standard InChI is InChI=1S/C47H91NO3/c1-6-9-12-15-18-23-31-40-50-43(4)32-26-24-27-34-45-41-46(48(42-45)38-39-49)35-28-22-21-25-33-44(5)51-47(36-29-19-16-13-10-7-2)37-30-20-17-14-11-8-3/h45-47,49H,4-42H2,1-3H3. The van der Waals surface area contributed by atoms with Crippen LogP contribution in [0.25, 0.3) is 0 Å². The van der Waals surface area contributed by atoms with E-state index in [0.717, 1.165) is 43.4 Å². The maximum atomic E-state index is 9.72. The Labute approximate surface area is 320 Å². The van der Waals surface area contributed by atoms with Gasteiger partial charge in [-0.3, -0.25) is 4.90 Å². The Morgan fingerprint density at radius 1 is 0.588 bits per heavy atom. The van der Waals surface area contributed by atoms with Gasteiger partial charge in [-0.2, -0.15) is 0 Å². The molecule has 2 atom stereocenters. The molecule has 1 N–H and O–H groups in total. The zero-order valence-electron chi connectivity index (χ0n) is 35.0. The predicted molar refractivity (Wildman–Crippen MR) is 224 cm³/mol. The Morgan fingerprint density at radius 2 is 1.06 bits per heavy atom. The van der Waals surface area contributed by atoms with Gasteiger partial charge in [0.2, 0.25) is 0 Å². The second-order valence-corrected chi connectivity index (χ2v) is 16.4. The van der Waals surface area contributed by atoms with E-state index in [1.165, 1.54) is 206 Å². The third-order valence-corrected chi connectivity index (χ3v) is 11.5. The molecule has 4 nitrogen and oxygen atoms in total. The van der Waals surface area contributed by atoms with Crippen LogP contribution in [0.5, 0.6) is 0 Å². The summed E-state index contributed by atoms with van der Waals surface area (Å²) in [6.45, 7) is 18.5. The minimum absolute atomic E-state index is 0.283. The zero-order chi connectivity index (χ0) is 37.0. The molecule has 0 amide bonds. The number of allylic oxidation sites excluding steroid dienone is 2. The van der Waals surface area contributed by atoms with Crippen molar-refractivity contribution >= 4 is 0 Å². The summed E-state index contributed by atoms with van der Waals surface area (Å²) >= 11 is 0. The molecule has 0 bridgehead atoms. The normalized spacial score (nSPS) is 16.3. The number of rotatable bonds is 40. The van der Waals surface area contributed by atoms with Crippen molar-refractivity contribution in [1.29, 1.82) is 0 Å². The highest BCUT2D eigenvalue weighted by atomic mass is 16.5. The van der Waals surface area contributed by atoms with Gasteiger partial charge < -0.3 is 14.6 Å². The first-order valence-corrected chi connectivity index (χ1v) is 23.0. The van der Waals surface area contributed by atoms with E-state index < -0.39 is 0 Å². The smallest absolute Gasteiger partial charge is 0.0982 e. The molecular formula is C47H91NO3. The third-order valence-electron chi connectivity index (χ3n) is 11.5. The molecule has 0 saturated carbocycles. The number of aliphatic hydroxyl groups excluding tert-OH is 1. The molecule has 51 heavy (non-hydrogen) atoms. The Kier molecular flexibility index (Phi) is 33.9. The molecule has 0 aromatic rings. The van der Waals surface area contributed by atoms with Crippen molar-refractivity contribution < 1.29 is 14.6 Å². The van der Waals surface area contributed by atoms with Crippen molar-refractivity contribution in [2.75, 3.05) is 26.3 Å². The van der Waals surface area contributed by atoms with Crippen LogP contribution in [-0.2, 0) is 9.47 Å². The van der Waals surface area contributed by atoms with Crippen LogP contribution in [0.2, 0.25) is 0 Å². The van der Waals surface area contributed by atoms with Gasteiger partial charge >= 0.3 is 0 Å². The van der Waals surface area contributed by atoms with Crippen LogP contribution < -0.4 is 0 Å².